The van der Waals surface area contributed by atoms with Gasteiger partial charge in [-0.05, 0) is 18.6 Å². The summed E-state index contributed by atoms with van der Waals surface area (Å²) in [6.07, 6.45) is 1.06. The number of likely N-dealkylation sites (N-methyl/N-ethyl adjacent to an activating group) is 1. The second kappa shape index (κ2) is 7.10. The summed E-state index contributed by atoms with van der Waals surface area (Å²) < 4.78 is 4.69. The van der Waals surface area contributed by atoms with Crippen LogP contribution in [-0.4, -0.2) is 36.8 Å². The minimum absolute atomic E-state index is 0.109. The van der Waals surface area contributed by atoms with E-state index >= 15 is 0 Å². The highest BCUT2D eigenvalue weighted by Crippen LogP contribution is 2.08. The second-order valence-corrected chi connectivity index (χ2v) is 3.69. The molecule has 19 heavy (non-hydrogen) atoms. The fraction of sp³-hybridized carbons (Fsp3) is 0.214. The first-order valence-corrected chi connectivity index (χ1v) is 5.76. The number of benzene rings is 1. The minimum Gasteiger partial charge on any atom is -0.449 e. The molecule has 0 atom stereocenters. The lowest BCUT2D eigenvalue weighted by atomic mass is 10.1. The summed E-state index contributed by atoms with van der Waals surface area (Å²) in [6, 6.07) is 8.90. The Hall–Kier alpha value is -2.43. The number of ether oxygens (including phenoxy) is 1. The summed E-state index contributed by atoms with van der Waals surface area (Å²) >= 11 is 0. The third kappa shape index (κ3) is 4.06. The van der Waals surface area contributed by atoms with Crippen LogP contribution >= 0.6 is 0 Å². The molecule has 0 radical (unpaired) electrons. The van der Waals surface area contributed by atoms with Gasteiger partial charge in [-0.3, -0.25) is 9.59 Å². The van der Waals surface area contributed by atoms with Gasteiger partial charge in [0.25, 0.3) is 5.91 Å². The highest BCUT2D eigenvalue weighted by atomic mass is 16.6. The molecule has 0 aliphatic carbocycles. The molecule has 0 bridgehead atoms. The number of imide groups is 1. The van der Waals surface area contributed by atoms with Crippen LogP contribution in [0.15, 0.2) is 35.9 Å². The second-order valence-electron chi connectivity index (χ2n) is 3.69. The number of hydrogen-bond acceptors (Lipinski definition) is 4. The van der Waals surface area contributed by atoms with Gasteiger partial charge in [0.1, 0.15) is 0 Å². The number of carbonyl (C=O) groups excluding carboxylic acids is 3. The summed E-state index contributed by atoms with van der Waals surface area (Å²) in [6.45, 7) is 1.80. The zero-order valence-corrected chi connectivity index (χ0v) is 10.8. The Balaban J connectivity index is 2.91. The van der Waals surface area contributed by atoms with E-state index in [1.54, 1.807) is 31.2 Å². The van der Waals surface area contributed by atoms with Gasteiger partial charge in [0.2, 0.25) is 0 Å². The van der Waals surface area contributed by atoms with E-state index in [0.29, 0.717) is 11.8 Å². The monoisotopic (exact) mass is 261 g/mol. The third-order valence-electron chi connectivity index (χ3n) is 2.34. The molecule has 0 fully saturated rings. The van der Waals surface area contributed by atoms with Crippen molar-refractivity contribution in [2.45, 2.75) is 6.92 Å². The lowest BCUT2D eigenvalue weighted by molar-refractivity contribution is -0.125. The molecule has 0 saturated heterocycles. The van der Waals surface area contributed by atoms with Crippen LogP contribution in [0.3, 0.4) is 0 Å². The largest absolute Gasteiger partial charge is 0.449 e. The van der Waals surface area contributed by atoms with E-state index in [1.807, 2.05) is 6.07 Å². The van der Waals surface area contributed by atoms with Gasteiger partial charge in [0.15, 0.2) is 6.29 Å². The lowest BCUT2D eigenvalue weighted by Crippen LogP contribution is -2.35. The molecule has 5 heteroatoms. The number of carbonyl (C=O) groups is 3. The SMILES string of the molecule is CCOC(=O)N(C)C(=O)C(C=O)=Cc1ccccc1. The average molecular weight is 261 g/mol. The Labute approximate surface area is 111 Å². The van der Waals surface area contributed by atoms with Crippen molar-refractivity contribution >= 4 is 24.4 Å². The third-order valence-corrected chi connectivity index (χ3v) is 2.34. The molecule has 1 aromatic carbocycles. The van der Waals surface area contributed by atoms with E-state index in [9.17, 15) is 14.4 Å². The molecule has 100 valence electrons. The molecule has 0 unspecified atom stereocenters. The maximum absolute atomic E-state index is 11.9. The molecule has 0 aliphatic rings. The first kappa shape index (κ1) is 14.6. The van der Waals surface area contributed by atoms with Crippen molar-refractivity contribution in [3.8, 4) is 0 Å². The molecule has 0 heterocycles. The lowest BCUT2D eigenvalue weighted by Gasteiger charge is -2.14. The van der Waals surface area contributed by atoms with Crippen molar-refractivity contribution < 1.29 is 19.1 Å². The standard InChI is InChI=1S/C14H15NO4/c1-3-19-14(18)15(2)13(17)12(10-16)9-11-7-5-4-6-8-11/h4-10H,3H2,1-2H3. The van der Waals surface area contributed by atoms with E-state index in [2.05, 4.69) is 0 Å². The van der Waals surface area contributed by atoms with Crippen LogP contribution in [0.1, 0.15) is 12.5 Å². The van der Waals surface area contributed by atoms with Crippen molar-refractivity contribution in [3.05, 3.63) is 41.5 Å². The summed E-state index contributed by atoms with van der Waals surface area (Å²) in [5, 5.41) is 0. The predicted octanol–water partition coefficient (Wildman–Crippen LogP) is 1.88. The van der Waals surface area contributed by atoms with Gasteiger partial charge in [-0.25, -0.2) is 9.69 Å². The Morgan fingerprint density at radius 1 is 1.26 bits per heavy atom. The van der Waals surface area contributed by atoms with Crippen LogP contribution < -0.4 is 0 Å². The first-order chi connectivity index (χ1) is 9.10. The Morgan fingerprint density at radius 3 is 2.42 bits per heavy atom. The number of rotatable bonds is 4. The van der Waals surface area contributed by atoms with Crippen molar-refractivity contribution in [1.29, 1.82) is 0 Å². The Morgan fingerprint density at radius 2 is 1.89 bits per heavy atom. The van der Waals surface area contributed by atoms with Crippen molar-refractivity contribution in [2.24, 2.45) is 0 Å². The molecule has 1 rings (SSSR count). The predicted molar refractivity (Wildman–Crippen MR) is 70.3 cm³/mol. The zero-order valence-electron chi connectivity index (χ0n) is 10.8. The number of nitrogens with zero attached hydrogens (tertiary/aromatic N) is 1. The molecular formula is C14H15NO4. The molecule has 5 nitrogen and oxygen atoms in total. The minimum atomic E-state index is -0.784. The van der Waals surface area contributed by atoms with Gasteiger partial charge in [0.05, 0.1) is 12.2 Å². The summed E-state index contributed by atoms with van der Waals surface area (Å²) in [4.78, 5) is 35.1. The highest BCUT2D eigenvalue weighted by Gasteiger charge is 2.21. The summed E-state index contributed by atoms with van der Waals surface area (Å²) in [5.41, 5.74) is 0.594. The molecule has 0 N–H and O–H groups in total. The van der Waals surface area contributed by atoms with E-state index < -0.39 is 12.0 Å². The molecule has 2 amide bonds. The van der Waals surface area contributed by atoms with Gasteiger partial charge >= 0.3 is 6.09 Å². The van der Waals surface area contributed by atoms with Crippen LogP contribution in [-0.2, 0) is 14.3 Å². The number of amides is 2. The van der Waals surface area contributed by atoms with Crippen LogP contribution in [0.4, 0.5) is 4.79 Å². The summed E-state index contributed by atoms with van der Waals surface area (Å²) in [7, 11) is 1.27. The van der Waals surface area contributed by atoms with Crippen molar-refractivity contribution in [1.82, 2.24) is 4.90 Å². The van der Waals surface area contributed by atoms with Crippen LogP contribution in [0, 0.1) is 0 Å². The number of hydrogen-bond donors (Lipinski definition) is 0. The maximum Gasteiger partial charge on any atom is 0.416 e. The smallest absolute Gasteiger partial charge is 0.416 e. The Kier molecular flexibility index (Phi) is 5.47. The van der Waals surface area contributed by atoms with Crippen LogP contribution in [0.25, 0.3) is 6.08 Å². The zero-order chi connectivity index (χ0) is 14.3. The molecular weight excluding hydrogens is 246 g/mol. The summed E-state index contributed by atoms with van der Waals surface area (Å²) in [5.74, 6) is -0.697. The first-order valence-electron chi connectivity index (χ1n) is 5.76. The number of aldehydes is 1. The molecule has 0 aromatic heterocycles. The molecule has 0 spiro atoms. The Bertz CT molecular complexity index is 493. The van der Waals surface area contributed by atoms with E-state index in [1.165, 1.54) is 13.1 Å². The van der Waals surface area contributed by atoms with Crippen LogP contribution in [0.5, 0.6) is 0 Å². The fourth-order valence-corrected chi connectivity index (χ4v) is 1.37. The van der Waals surface area contributed by atoms with Gasteiger partial charge < -0.3 is 4.74 Å². The van der Waals surface area contributed by atoms with Crippen LogP contribution in [0.2, 0.25) is 0 Å². The van der Waals surface area contributed by atoms with Gasteiger partial charge in [0, 0.05) is 7.05 Å². The normalized spacial score (nSPS) is 10.7. The topological polar surface area (TPSA) is 63.7 Å². The molecule has 1 aromatic rings. The van der Waals surface area contributed by atoms with Gasteiger partial charge in [-0.1, -0.05) is 30.3 Å². The average Bonchev–Trinajstić information content (AvgIpc) is 2.44. The van der Waals surface area contributed by atoms with E-state index in [0.717, 1.165) is 4.90 Å². The van der Waals surface area contributed by atoms with Crippen molar-refractivity contribution in [3.63, 3.8) is 0 Å². The molecule has 0 aliphatic heterocycles. The van der Waals surface area contributed by atoms with Crippen molar-refractivity contribution in [2.75, 3.05) is 13.7 Å². The van der Waals surface area contributed by atoms with E-state index in [-0.39, 0.29) is 12.2 Å². The molecule has 0 saturated carbocycles. The van der Waals surface area contributed by atoms with Gasteiger partial charge in [-0.15, -0.1) is 0 Å². The highest BCUT2D eigenvalue weighted by molar-refractivity contribution is 6.17. The fourth-order valence-electron chi connectivity index (χ4n) is 1.37. The van der Waals surface area contributed by atoms with Gasteiger partial charge in [-0.2, -0.15) is 0 Å². The van der Waals surface area contributed by atoms with E-state index in [4.69, 9.17) is 4.74 Å². The maximum atomic E-state index is 11.9. The quantitative estimate of drug-likeness (QED) is 0.359.